The molecule has 6 heteroatoms. The van der Waals surface area contributed by atoms with Gasteiger partial charge in [-0.2, -0.15) is 0 Å². The molecule has 0 aliphatic heterocycles. The quantitative estimate of drug-likeness (QED) is 0.475. The number of ether oxygens (including phenoxy) is 1. The van der Waals surface area contributed by atoms with Crippen LogP contribution in [0.15, 0.2) is 73.1 Å². The first-order chi connectivity index (χ1) is 13.3. The molecule has 0 bridgehead atoms. The third-order valence-electron chi connectivity index (χ3n) is 4.46. The van der Waals surface area contributed by atoms with Crippen molar-refractivity contribution < 1.29 is 4.74 Å². The van der Waals surface area contributed by atoms with Crippen LogP contribution in [0, 0.1) is 0 Å². The van der Waals surface area contributed by atoms with Gasteiger partial charge < -0.3 is 9.72 Å². The average Bonchev–Trinajstić information content (AvgIpc) is 3.32. The van der Waals surface area contributed by atoms with Crippen molar-refractivity contribution in [3.05, 3.63) is 83.6 Å². The molecule has 5 nitrogen and oxygen atoms in total. The smallest absolute Gasteiger partial charge is 0.232 e. The highest BCUT2D eigenvalue weighted by Crippen LogP contribution is 2.25. The highest BCUT2D eigenvalue weighted by Gasteiger charge is 2.10. The first kappa shape index (κ1) is 15.9. The largest absolute Gasteiger partial charge is 0.472 e. The fourth-order valence-corrected chi connectivity index (χ4v) is 3.33. The zero-order chi connectivity index (χ0) is 18.2. The molecule has 0 spiro atoms. The predicted octanol–water partition coefficient (Wildman–Crippen LogP) is 5.11. The summed E-state index contributed by atoms with van der Waals surface area (Å²) in [6, 6.07) is 19.6. The van der Waals surface area contributed by atoms with E-state index in [2.05, 4.69) is 33.3 Å². The molecule has 3 aromatic heterocycles. The number of nitrogens with one attached hydrogen (secondary N) is 1. The minimum absolute atomic E-state index is 0.400. The second-order valence-electron chi connectivity index (χ2n) is 6.28. The lowest BCUT2D eigenvalue weighted by atomic mass is 10.1. The van der Waals surface area contributed by atoms with Gasteiger partial charge in [-0.1, -0.05) is 35.9 Å². The number of hydrogen-bond donors (Lipinski definition) is 1. The second kappa shape index (κ2) is 6.45. The van der Waals surface area contributed by atoms with E-state index in [1.54, 1.807) is 4.52 Å². The maximum atomic E-state index is 6.03. The molecule has 1 N–H and O–H groups in total. The third kappa shape index (κ3) is 3.02. The van der Waals surface area contributed by atoms with Gasteiger partial charge in [-0.3, -0.25) is 0 Å². The number of H-pyrrole nitrogens is 1. The number of hydrogen-bond acceptors (Lipinski definition) is 3. The van der Waals surface area contributed by atoms with Gasteiger partial charge in [-0.05, 0) is 41.3 Å². The summed E-state index contributed by atoms with van der Waals surface area (Å²) in [5.41, 5.74) is 4.79. The van der Waals surface area contributed by atoms with Crippen molar-refractivity contribution in [2.24, 2.45) is 0 Å². The molecule has 0 atom stereocenters. The number of aromatic amines is 1. The summed E-state index contributed by atoms with van der Waals surface area (Å²) < 4.78 is 7.65. The van der Waals surface area contributed by atoms with Gasteiger partial charge >= 0.3 is 0 Å². The molecule has 2 aromatic carbocycles. The number of benzene rings is 2. The summed E-state index contributed by atoms with van der Waals surface area (Å²) in [6.45, 7) is 0.400. The van der Waals surface area contributed by atoms with Crippen molar-refractivity contribution >= 4 is 28.2 Å². The highest BCUT2D eigenvalue weighted by atomic mass is 35.5. The monoisotopic (exact) mass is 374 g/mol. The van der Waals surface area contributed by atoms with E-state index < -0.39 is 0 Å². The molecule has 3 heterocycles. The summed E-state index contributed by atoms with van der Waals surface area (Å²) >= 11 is 6.03. The van der Waals surface area contributed by atoms with Crippen molar-refractivity contribution in [3.63, 3.8) is 0 Å². The Morgan fingerprint density at radius 1 is 1.04 bits per heavy atom. The van der Waals surface area contributed by atoms with Crippen LogP contribution in [0.5, 0.6) is 5.88 Å². The molecule has 0 saturated heterocycles. The minimum atomic E-state index is 0.400. The van der Waals surface area contributed by atoms with Crippen LogP contribution in [0.4, 0.5) is 0 Å². The Morgan fingerprint density at radius 2 is 2.00 bits per heavy atom. The zero-order valence-corrected chi connectivity index (χ0v) is 15.0. The van der Waals surface area contributed by atoms with Crippen LogP contribution >= 0.6 is 11.6 Å². The van der Waals surface area contributed by atoms with Crippen LogP contribution in [0.2, 0.25) is 5.02 Å². The topological polar surface area (TPSA) is 55.2 Å². The Balaban J connectivity index is 1.48. The molecule has 0 amide bonds. The first-order valence-electron chi connectivity index (χ1n) is 8.56. The predicted molar refractivity (Wildman–Crippen MR) is 106 cm³/mol. The van der Waals surface area contributed by atoms with E-state index in [4.69, 9.17) is 16.3 Å². The Kier molecular flexibility index (Phi) is 3.80. The van der Waals surface area contributed by atoms with Crippen LogP contribution in [0.25, 0.3) is 27.8 Å². The third-order valence-corrected chi connectivity index (χ3v) is 4.70. The molecule has 0 radical (unpaired) electrons. The molecular weight excluding hydrogens is 360 g/mol. The van der Waals surface area contributed by atoms with Crippen LogP contribution in [0.1, 0.15) is 5.56 Å². The molecule has 132 valence electrons. The number of fused-ring (bicyclic) bond motifs is 2. The second-order valence-corrected chi connectivity index (χ2v) is 6.72. The lowest BCUT2D eigenvalue weighted by Crippen LogP contribution is -2.01. The standard InChI is InChI=1S/C21H15ClN4O/c22-17-3-1-2-14(10-17)13-27-21-7-6-20-24-12-19(26(20)25-21)16-5-4-15-8-9-23-18(15)11-16/h1-12,23H,13H2. The van der Waals surface area contributed by atoms with E-state index in [1.807, 2.05) is 54.9 Å². The van der Waals surface area contributed by atoms with Gasteiger partial charge in [-0.25, -0.2) is 9.50 Å². The fraction of sp³-hybridized carbons (Fsp3) is 0.0476. The normalized spacial score (nSPS) is 11.3. The van der Waals surface area contributed by atoms with Gasteiger partial charge in [0.25, 0.3) is 0 Å². The van der Waals surface area contributed by atoms with E-state index in [0.29, 0.717) is 17.5 Å². The fourth-order valence-electron chi connectivity index (χ4n) is 3.12. The average molecular weight is 375 g/mol. The van der Waals surface area contributed by atoms with E-state index in [9.17, 15) is 0 Å². The Labute approximate surface area is 160 Å². The van der Waals surface area contributed by atoms with Gasteiger partial charge in [0.1, 0.15) is 6.61 Å². The summed E-state index contributed by atoms with van der Waals surface area (Å²) in [6.07, 6.45) is 3.76. The molecule has 0 saturated carbocycles. The Hall–Kier alpha value is -3.31. The van der Waals surface area contributed by atoms with Crippen LogP contribution < -0.4 is 4.74 Å². The van der Waals surface area contributed by atoms with Crippen molar-refractivity contribution in [3.8, 4) is 17.1 Å². The van der Waals surface area contributed by atoms with Crippen LogP contribution in [-0.2, 0) is 6.61 Å². The number of imidazole rings is 1. The van der Waals surface area contributed by atoms with Gasteiger partial charge in [0, 0.05) is 28.4 Å². The summed E-state index contributed by atoms with van der Waals surface area (Å²) in [5.74, 6) is 0.530. The van der Waals surface area contributed by atoms with E-state index in [-0.39, 0.29) is 0 Å². The zero-order valence-electron chi connectivity index (χ0n) is 14.3. The van der Waals surface area contributed by atoms with Crippen LogP contribution in [0.3, 0.4) is 0 Å². The van der Waals surface area contributed by atoms with E-state index >= 15 is 0 Å². The lowest BCUT2D eigenvalue weighted by molar-refractivity contribution is 0.289. The maximum Gasteiger partial charge on any atom is 0.232 e. The summed E-state index contributed by atoms with van der Waals surface area (Å²) in [4.78, 5) is 7.69. The van der Waals surface area contributed by atoms with Gasteiger partial charge in [0.15, 0.2) is 5.65 Å². The van der Waals surface area contributed by atoms with Crippen molar-refractivity contribution in [1.82, 2.24) is 19.6 Å². The molecule has 0 aliphatic carbocycles. The van der Waals surface area contributed by atoms with Crippen molar-refractivity contribution in [1.29, 1.82) is 0 Å². The molecule has 5 rings (SSSR count). The summed E-state index contributed by atoms with van der Waals surface area (Å²) in [5, 5.41) is 6.47. The molecule has 0 aliphatic rings. The molecule has 0 unspecified atom stereocenters. The number of halogens is 1. The van der Waals surface area contributed by atoms with Gasteiger partial charge in [0.05, 0.1) is 11.9 Å². The lowest BCUT2D eigenvalue weighted by Gasteiger charge is -2.07. The van der Waals surface area contributed by atoms with Gasteiger partial charge in [-0.15, -0.1) is 5.10 Å². The molecular formula is C21H15ClN4O. The number of rotatable bonds is 4. The summed E-state index contributed by atoms with van der Waals surface area (Å²) in [7, 11) is 0. The molecule has 5 aromatic rings. The molecule has 27 heavy (non-hydrogen) atoms. The van der Waals surface area contributed by atoms with Crippen molar-refractivity contribution in [2.75, 3.05) is 0 Å². The van der Waals surface area contributed by atoms with Crippen LogP contribution in [-0.4, -0.2) is 19.6 Å². The maximum absolute atomic E-state index is 6.03. The Morgan fingerprint density at radius 3 is 2.93 bits per heavy atom. The van der Waals surface area contributed by atoms with Crippen molar-refractivity contribution in [2.45, 2.75) is 6.61 Å². The van der Waals surface area contributed by atoms with E-state index in [0.717, 1.165) is 28.0 Å². The number of nitrogens with zero attached hydrogens (tertiary/aromatic N) is 3. The SMILES string of the molecule is Clc1cccc(COc2ccc3ncc(-c4ccc5cc[nH]c5c4)n3n2)c1. The highest BCUT2D eigenvalue weighted by molar-refractivity contribution is 6.30. The van der Waals surface area contributed by atoms with Gasteiger partial charge in [0.2, 0.25) is 5.88 Å². The van der Waals surface area contributed by atoms with E-state index in [1.165, 1.54) is 5.39 Å². The Bertz CT molecular complexity index is 1260. The molecule has 0 fully saturated rings. The number of aromatic nitrogens is 4. The minimum Gasteiger partial charge on any atom is -0.472 e. The first-order valence-corrected chi connectivity index (χ1v) is 8.94.